The summed E-state index contributed by atoms with van der Waals surface area (Å²) in [5.74, 6) is -0.337. The second kappa shape index (κ2) is 5.36. The molecule has 0 bridgehead atoms. The summed E-state index contributed by atoms with van der Waals surface area (Å²) in [6.07, 6.45) is 2.07. The highest BCUT2D eigenvalue weighted by atomic mass is 79.9. The molecule has 1 aliphatic rings. The monoisotopic (exact) mass is 411 g/mol. The number of halogens is 2. The van der Waals surface area contributed by atoms with Crippen LogP contribution in [0.2, 0.25) is 0 Å². The molecule has 0 spiro atoms. The molecular weight excluding hydrogens is 398 g/mol. The van der Waals surface area contributed by atoms with Gasteiger partial charge >= 0.3 is 5.97 Å². The fourth-order valence-electron chi connectivity index (χ4n) is 3.21. The number of pyridine rings is 1. The second-order valence-electron chi connectivity index (χ2n) is 5.75. The Morgan fingerprint density at radius 2 is 1.90 bits per heavy atom. The Morgan fingerprint density at radius 1 is 1.24 bits per heavy atom. The molecule has 0 saturated heterocycles. The predicted octanol–water partition coefficient (Wildman–Crippen LogP) is 5.46. The third-order valence-electron chi connectivity index (χ3n) is 4.28. The summed E-state index contributed by atoms with van der Waals surface area (Å²) in [7, 11) is 0. The quantitative estimate of drug-likeness (QED) is 0.676. The van der Waals surface area contributed by atoms with E-state index in [9.17, 15) is 9.90 Å². The molecule has 1 aromatic carbocycles. The zero-order valence-corrected chi connectivity index (χ0v) is 15.0. The van der Waals surface area contributed by atoms with Crippen LogP contribution in [0.4, 0.5) is 0 Å². The first-order valence-electron chi connectivity index (χ1n) is 6.96. The Bertz CT molecular complexity index is 758. The number of carboxylic acids is 1. The van der Waals surface area contributed by atoms with E-state index >= 15 is 0 Å². The average Bonchev–Trinajstić information content (AvgIpc) is 2.41. The Morgan fingerprint density at radius 3 is 2.57 bits per heavy atom. The van der Waals surface area contributed by atoms with Gasteiger partial charge in [0.05, 0.1) is 11.1 Å². The van der Waals surface area contributed by atoms with Gasteiger partial charge in [-0.15, -0.1) is 0 Å². The van der Waals surface area contributed by atoms with Gasteiger partial charge in [0.15, 0.2) is 0 Å². The fraction of sp³-hybridized carbons (Fsp3) is 0.375. The normalized spacial score (nSPS) is 21.3. The van der Waals surface area contributed by atoms with E-state index in [1.807, 2.05) is 12.1 Å². The van der Waals surface area contributed by atoms with Crippen molar-refractivity contribution in [2.75, 3.05) is 0 Å². The number of fused-ring (bicyclic) bond motifs is 2. The molecule has 3 nitrogen and oxygen atoms in total. The van der Waals surface area contributed by atoms with Gasteiger partial charge in [0.1, 0.15) is 0 Å². The zero-order valence-electron chi connectivity index (χ0n) is 11.8. The van der Waals surface area contributed by atoms with E-state index in [1.54, 1.807) is 0 Å². The van der Waals surface area contributed by atoms with E-state index in [2.05, 4.69) is 45.7 Å². The first kappa shape index (κ1) is 15.0. The first-order chi connectivity index (χ1) is 9.90. The number of aromatic nitrogens is 1. The van der Waals surface area contributed by atoms with Crippen molar-refractivity contribution in [3.05, 3.63) is 37.9 Å². The predicted molar refractivity (Wildman–Crippen MR) is 90.2 cm³/mol. The summed E-state index contributed by atoms with van der Waals surface area (Å²) < 4.78 is 1.67. The van der Waals surface area contributed by atoms with Gasteiger partial charge in [0.2, 0.25) is 0 Å². The Balaban J connectivity index is 2.50. The smallest absolute Gasteiger partial charge is 0.336 e. The fourth-order valence-corrected chi connectivity index (χ4v) is 4.52. The average molecular weight is 413 g/mol. The number of carboxylic acid groups (broad SMARTS) is 1. The number of hydrogen-bond donors (Lipinski definition) is 1. The van der Waals surface area contributed by atoms with Crippen LogP contribution in [0, 0.1) is 0 Å². The molecule has 2 unspecified atom stereocenters. The van der Waals surface area contributed by atoms with Gasteiger partial charge in [-0.3, -0.25) is 4.98 Å². The largest absolute Gasteiger partial charge is 0.478 e. The summed E-state index contributed by atoms with van der Waals surface area (Å²) in [4.78, 5) is 16.7. The Kier molecular flexibility index (Phi) is 3.82. The van der Waals surface area contributed by atoms with Gasteiger partial charge in [-0.25, -0.2) is 4.79 Å². The standard InChI is InChI=1S/C16H15Br2NO2/c1-7-3-4-8(2)14-12(7)13(16(20)21)10-5-9(17)6-11(18)15(10)19-14/h5-8H,3-4H2,1-2H3,(H,20,21). The Labute approximate surface area is 140 Å². The number of benzene rings is 1. The van der Waals surface area contributed by atoms with E-state index in [4.69, 9.17) is 4.98 Å². The van der Waals surface area contributed by atoms with E-state index < -0.39 is 5.97 Å². The van der Waals surface area contributed by atoms with Crippen molar-refractivity contribution >= 4 is 48.7 Å². The van der Waals surface area contributed by atoms with Gasteiger partial charge < -0.3 is 5.11 Å². The number of carbonyl (C=O) groups is 1. The maximum atomic E-state index is 11.9. The summed E-state index contributed by atoms with van der Waals surface area (Å²) in [6.45, 7) is 4.22. The zero-order chi connectivity index (χ0) is 15.3. The molecule has 110 valence electrons. The molecule has 1 aromatic heterocycles. The van der Waals surface area contributed by atoms with Gasteiger partial charge in [0.25, 0.3) is 0 Å². The van der Waals surface area contributed by atoms with Crippen molar-refractivity contribution in [1.29, 1.82) is 0 Å². The molecule has 2 aromatic rings. The Hall–Kier alpha value is -0.940. The van der Waals surface area contributed by atoms with E-state index in [0.29, 0.717) is 16.9 Å². The number of hydrogen-bond acceptors (Lipinski definition) is 2. The van der Waals surface area contributed by atoms with Crippen molar-refractivity contribution in [3.8, 4) is 0 Å². The van der Waals surface area contributed by atoms with Gasteiger partial charge in [-0.2, -0.15) is 0 Å². The molecule has 0 aliphatic heterocycles. The lowest BCUT2D eigenvalue weighted by Crippen LogP contribution is -2.18. The molecule has 21 heavy (non-hydrogen) atoms. The first-order valence-corrected chi connectivity index (χ1v) is 8.54. The molecule has 0 radical (unpaired) electrons. The molecule has 0 amide bonds. The lowest BCUT2D eigenvalue weighted by Gasteiger charge is -2.29. The van der Waals surface area contributed by atoms with Crippen molar-refractivity contribution in [1.82, 2.24) is 4.98 Å². The highest BCUT2D eigenvalue weighted by Gasteiger charge is 2.30. The van der Waals surface area contributed by atoms with Crippen LogP contribution in [-0.4, -0.2) is 16.1 Å². The molecule has 1 N–H and O–H groups in total. The molecule has 0 fully saturated rings. The summed E-state index contributed by atoms with van der Waals surface area (Å²) in [5, 5.41) is 10.5. The summed E-state index contributed by atoms with van der Waals surface area (Å²) >= 11 is 6.95. The minimum atomic E-state index is -0.871. The van der Waals surface area contributed by atoms with Crippen molar-refractivity contribution in [3.63, 3.8) is 0 Å². The number of aromatic carboxylic acids is 1. The minimum Gasteiger partial charge on any atom is -0.478 e. The maximum absolute atomic E-state index is 11.9. The van der Waals surface area contributed by atoms with Crippen LogP contribution in [-0.2, 0) is 0 Å². The van der Waals surface area contributed by atoms with Crippen molar-refractivity contribution in [2.45, 2.75) is 38.5 Å². The van der Waals surface area contributed by atoms with Gasteiger partial charge in [-0.05, 0) is 58.3 Å². The minimum absolute atomic E-state index is 0.233. The number of nitrogens with zero attached hydrogens (tertiary/aromatic N) is 1. The molecule has 3 rings (SSSR count). The highest BCUT2D eigenvalue weighted by molar-refractivity contribution is 9.11. The summed E-state index contributed by atoms with van der Waals surface area (Å²) in [5.41, 5.74) is 3.01. The van der Waals surface area contributed by atoms with Crippen LogP contribution in [0.3, 0.4) is 0 Å². The van der Waals surface area contributed by atoms with E-state index in [0.717, 1.165) is 38.6 Å². The third kappa shape index (κ3) is 2.40. The maximum Gasteiger partial charge on any atom is 0.336 e. The molecule has 5 heteroatoms. The van der Waals surface area contributed by atoms with Crippen LogP contribution in [0.25, 0.3) is 10.9 Å². The molecule has 0 saturated carbocycles. The molecule has 2 atom stereocenters. The van der Waals surface area contributed by atoms with Gasteiger partial charge in [0, 0.05) is 20.0 Å². The number of rotatable bonds is 1. The molecule has 1 aliphatic carbocycles. The van der Waals surface area contributed by atoms with Crippen molar-refractivity contribution < 1.29 is 9.90 Å². The lowest BCUT2D eigenvalue weighted by molar-refractivity contribution is 0.0696. The van der Waals surface area contributed by atoms with Gasteiger partial charge in [-0.1, -0.05) is 29.8 Å². The van der Waals surface area contributed by atoms with E-state index in [-0.39, 0.29) is 5.92 Å². The highest BCUT2D eigenvalue weighted by Crippen LogP contribution is 2.43. The topological polar surface area (TPSA) is 50.2 Å². The van der Waals surface area contributed by atoms with Crippen LogP contribution in [0.5, 0.6) is 0 Å². The molecular formula is C16H15Br2NO2. The second-order valence-corrected chi connectivity index (χ2v) is 7.52. The van der Waals surface area contributed by atoms with E-state index in [1.165, 1.54) is 0 Å². The van der Waals surface area contributed by atoms with Crippen LogP contribution in [0.15, 0.2) is 21.1 Å². The lowest BCUT2D eigenvalue weighted by atomic mass is 9.78. The van der Waals surface area contributed by atoms with Crippen molar-refractivity contribution in [2.24, 2.45) is 0 Å². The van der Waals surface area contributed by atoms with Crippen LogP contribution >= 0.6 is 31.9 Å². The third-order valence-corrected chi connectivity index (χ3v) is 5.34. The molecule has 1 heterocycles. The SMILES string of the molecule is CC1CCC(C)c2c1nc1c(Br)cc(Br)cc1c2C(=O)O. The van der Waals surface area contributed by atoms with Crippen LogP contribution in [0.1, 0.15) is 60.1 Å². The summed E-state index contributed by atoms with van der Waals surface area (Å²) in [6, 6.07) is 3.76. The van der Waals surface area contributed by atoms with Crippen LogP contribution < -0.4 is 0 Å².